The van der Waals surface area contributed by atoms with Gasteiger partial charge < -0.3 is 35.5 Å². The van der Waals surface area contributed by atoms with Gasteiger partial charge in [-0.25, -0.2) is 26.4 Å². The minimum atomic E-state index is -3.50. The van der Waals surface area contributed by atoms with Gasteiger partial charge in [0.25, 0.3) is 17.7 Å². The number of hydrogen-bond acceptors (Lipinski definition) is 11. The maximum atomic E-state index is 13.2. The third-order valence-electron chi connectivity index (χ3n) is 11.9. The lowest BCUT2D eigenvalue weighted by molar-refractivity contribution is -0.140. The lowest BCUT2D eigenvalue weighted by Gasteiger charge is -2.30. The molecule has 0 spiro atoms. The first-order valence-corrected chi connectivity index (χ1v) is 26.9. The standard InChI is InChI=1S/C29H24Cl2N2O7S.C20H20Cl2N2O5S/c1-41(38,39)20-4-2-3-16(11-20)12-23(29(36)37)32-27(34)25-22(30)13-19-15-33(9-7-21(19)26(25)31)28(35)18-6-5-17-8-10-40-24(17)14-18;1-30(28,29)13-4-2-3-11(7-13)8-16(20(26)27)24-19(25)17-15(21)9-12-10-23-6-5-14(12)18(17)22/h2-6,8,10-11,13-14,23H,7,9,12,15H2,1H3,(H,32,34)(H,36,37);2-4,7,9,16,23H,5-6,8,10H2,1H3,(H,24,25)(H,26,27)/t23-;16-/m00/s1. The van der Waals surface area contributed by atoms with E-state index in [1.165, 1.54) is 36.4 Å². The van der Waals surface area contributed by atoms with Crippen molar-refractivity contribution >= 4 is 107 Å². The molecule has 5 aromatic carbocycles. The Hall–Kier alpha value is -5.99. The second-order valence-electron chi connectivity index (χ2n) is 16.9. The van der Waals surface area contributed by atoms with E-state index in [4.69, 9.17) is 50.8 Å². The summed E-state index contributed by atoms with van der Waals surface area (Å²) in [7, 11) is -6.94. The first kappa shape index (κ1) is 52.8. The molecule has 0 fully saturated rings. The average molecular weight is 1090 g/mol. The molecule has 1 aromatic heterocycles. The highest BCUT2D eigenvalue weighted by Crippen LogP contribution is 2.36. The van der Waals surface area contributed by atoms with E-state index in [0.29, 0.717) is 65.9 Å². The number of benzene rings is 5. The molecule has 372 valence electrons. The van der Waals surface area contributed by atoms with Gasteiger partial charge in [-0.2, -0.15) is 0 Å². The molecule has 2 atom stereocenters. The molecule has 0 aliphatic carbocycles. The van der Waals surface area contributed by atoms with Gasteiger partial charge in [0.15, 0.2) is 19.7 Å². The van der Waals surface area contributed by atoms with Crippen LogP contribution in [0, 0.1) is 0 Å². The van der Waals surface area contributed by atoms with Crippen molar-refractivity contribution in [1.29, 1.82) is 0 Å². The molecule has 16 nitrogen and oxygen atoms in total. The van der Waals surface area contributed by atoms with Crippen molar-refractivity contribution in [1.82, 2.24) is 20.9 Å². The van der Waals surface area contributed by atoms with Crippen LogP contribution in [-0.4, -0.2) is 99.3 Å². The van der Waals surface area contributed by atoms with E-state index >= 15 is 0 Å². The van der Waals surface area contributed by atoms with E-state index in [1.807, 2.05) is 12.1 Å². The number of furan rings is 1. The molecule has 6 aromatic rings. The normalized spacial score (nSPS) is 14.3. The molecule has 5 N–H and O–H groups in total. The van der Waals surface area contributed by atoms with Crippen molar-refractivity contribution in [2.75, 3.05) is 25.6 Å². The molecule has 0 bridgehead atoms. The lowest BCUT2D eigenvalue weighted by Crippen LogP contribution is -2.42. The summed E-state index contributed by atoms with van der Waals surface area (Å²) in [5.74, 6) is -4.23. The van der Waals surface area contributed by atoms with E-state index in [9.17, 15) is 51.0 Å². The van der Waals surface area contributed by atoms with Crippen molar-refractivity contribution in [3.8, 4) is 0 Å². The molecular weight excluding hydrogens is 1040 g/mol. The molecule has 2 aliphatic heterocycles. The summed E-state index contributed by atoms with van der Waals surface area (Å²) in [6.45, 7) is 1.87. The molecule has 22 heteroatoms. The SMILES string of the molecule is CS(=O)(=O)c1cccc(C[C@H](NC(=O)c2c(Cl)cc3c(c2Cl)CCN(C(=O)c2ccc4ccoc4c2)C3)C(=O)O)c1.CS(=O)(=O)c1cccc(C[C@H](NC(=O)c2c(Cl)cc3c(c2Cl)CCNC3)C(=O)O)c1. The molecule has 0 unspecified atom stereocenters. The minimum absolute atomic E-state index is 0.0146. The van der Waals surface area contributed by atoms with Gasteiger partial charge in [-0.05, 0) is 107 Å². The van der Waals surface area contributed by atoms with Crippen LogP contribution in [0.5, 0.6) is 0 Å². The summed E-state index contributed by atoms with van der Waals surface area (Å²) >= 11 is 25.8. The Morgan fingerprint density at radius 1 is 0.690 bits per heavy atom. The fourth-order valence-electron chi connectivity index (χ4n) is 8.22. The van der Waals surface area contributed by atoms with Crippen LogP contribution in [-0.2, 0) is 68.0 Å². The van der Waals surface area contributed by atoms with Gasteiger partial charge in [0.05, 0.1) is 47.3 Å². The van der Waals surface area contributed by atoms with Gasteiger partial charge in [-0.3, -0.25) is 14.4 Å². The maximum Gasteiger partial charge on any atom is 0.326 e. The van der Waals surface area contributed by atoms with Crippen LogP contribution in [0.15, 0.2) is 105 Å². The maximum absolute atomic E-state index is 13.2. The molecule has 8 rings (SSSR count). The summed E-state index contributed by atoms with van der Waals surface area (Å²) < 4.78 is 52.7. The Kier molecular flexibility index (Phi) is 16.2. The Balaban J connectivity index is 0.000000219. The number of carbonyl (C=O) groups is 5. The Labute approximate surface area is 428 Å². The molecule has 3 heterocycles. The summed E-state index contributed by atoms with van der Waals surface area (Å²) in [5.41, 5.74) is 4.99. The number of carbonyl (C=O) groups excluding carboxylic acids is 3. The van der Waals surface area contributed by atoms with Crippen LogP contribution in [0.25, 0.3) is 11.0 Å². The van der Waals surface area contributed by atoms with Crippen molar-refractivity contribution in [3.63, 3.8) is 0 Å². The highest BCUT2D eigenvalue weighted by Gasteiger charge is 2.31. The second kappa shape index (κ2) is 21.8. The summed E-state index contributed by atoms with van der Waals surface area (Å²) in [6.07, 6.45) is 4.41. The average Bonchev–Trinajstić information content (AvgIpc) is 3.79. The van der Waals surface area contributed by atoms with E-state index in [2.05, 4.69) is 16.0 Å². The number of halogens is 4. The number of hydrogen-bond donors (Lipinski definition) is 5. The fourth-order valence-corrected chi connectivity index (χ4v) is 11.1. The molecule has 0 radical (unpaired) electrons. The van der Waals surface area contributed by atoms with E-state index in [1.54, 1.807) is 47.6 Å². The van der Waals surface area contributed by atoms with Crippen LogP contribution < -0.4 is 16.0 Å². The Morgan fingerprint density at radius 2 is 1.21 bits per heavy atom. The second-order valence-corrected chi connectivity index (χ2v) is 22.5. The smallest absolute Gasteiger partial charge is 0.326 e. The van der Waals surface area contributed by atoms with Gasteiger partial charge in [0.1, 0.15) is 17.7 Å². The van der Waals surface area contributed by atoms with Gasteiger partial charge >= 0.3 is 11.9 Å². The first-order valence-electron chi connectivity index (χ1n) is 21.6. The highest BCUT2D eigenvalue weighted by atomic mass is 35.5. The quantitative estimate of drug-likeness (QED) is 0.0767. The van der Waals surface area contributed by atoms with Crippen LogP contribution in [0.1, 0.15) is 64.5 Å². The molecule has 0 saturated carbocycles. The number of nitrogens with one attached hydrogen (secondary N) is 3. The molecule has 0 saturated heterocycles. The third kappa shape index (κ3) is 12.4. The zero-order valence-corrected chi connectivity index (χ0v) is 42.4. The monoisotopic (exact) mass is 1080 g/mol. The van der Waals surface area contributed by atoms with Crippen LogP contribution in [0.3, 0.4) is 0 Å². The Morgan fingerprint density at radius 3 is 1.73 bits per heavy atom. The molecule has 3 amide bonds. The van der Waals surface area contributed by atoms with Gasteiger partial charge in [-0.15, -0.1) is 0 Å². The summed E-state index contributed by atoms with van der Waals surface area (Å²) in [6, 6.07) is 19.4. The molecular formula is C49H44Cl4N4O12S2. The summed E-state index contributed by atoms with van der Waals surface area (Å²) in [5, 5.41) is 28.8. The fraction of sp³-hybridized carbons (Fsp3) is 0.245. The zero-order chi connectivity index (χ0) is 51.5. The minimum Gasteiger partial charge on any atom is -0.480 e. The number of aliphatic carboxylic acids is 2. The van der Waals surface area contributed by atoms with Gasteiger partial charge in [-0.1, -0.05) is 76.7 Å². The van der Waals surface area contributed by atoms with Gasteiger partial charge in [0.2, 0.25) is 0 Å². The van der Waals surface area contributed by atoms with Crippen LogP contribution in [0.2, 0.25) is 20.1 Å². The van der Waals surface area contributed by atoms with Crippen molar-refractivity contribution in [2.24, 2.45) is 0 Å². The lowest BCUT2D eigenvalue weighted by atomic mass is 9.95. The van der Waals surface area contributed by atoms with Crippen LogP contribution >= 0.6 is 46.4 Å². The topological polar surface area (TPSA) is 247 Å². The number of carboxylic acid groups (broad SMARTS) is 2. The summed E-state index contributed by atoms with van der Waals surface area (Å²) in [4.78, 5) is 64.8. The number of carboxylic acids is 2. The molecule has 2 aliphatic rings. The number of amides is 3. The first-order chi connectivity index (χ1) is 33.5. The molecule has 71 heavy (non-hydrogen) atoms. The van der Waals surface area contributed by atoms with Crippen molar-refractivity contribution in [3.05, 3.63) is 161 Å². The predicted octanol–water partition coefficient (Wildman–Crippen LogP) is 7.24. The number of nitrogens with zero attached hydrogens (tertiary/aromatic N) is 1. The van der Waals surface area contributed by atoms with Gasteiger partial charge in [0, 0.05) is 55.9 Å². The van der Waals surface area contributed by atoms with E-state index < -0.39 is 55.5 Å². The number of sulfone groups is 2. The van der Waals surface area contributed by atoms with E-state index in [0.717, 1.165) is 29.0 Å². The van der Waals surface area contributed by atoms with Crippen LogP contribution in [0.4, 0.5) is 0 Å². The number of fused-ring (bicyclic) bond motifs is 3. The van der Waals surface area contributed by atoms with Crippen molar-refractivity contribution in [2.45, 2.75) is 60.6 Å². The van der Waals surface area contributed by atoms with E-state index in [-0.39, 0.29) is 66.3 Å². The predicted molar refractivity (Wildman–Crippen MR) is 267 cm³/mol. The Bertz CT molecular complexity index is 3370. The largest absolute Gasteiger partial charge is 0.480 e. The highest BCUT2D eigenvalue weighted by molar-refractivity contribution is 7.91. The zero-order valence-electron chi connectivity index (χ0n) is 37.7. The van der Waals surface area contributed by atoms with Crippen molar-refractivity contribution < 1.29 is 55.4 Å². The number of rotatable bonds is 13. The third-order valence-corrected chi connectivity index (χ3v) is 15.5.